The van der Waals surface area contributed by atoms with Crippen LogP contribution in [0, 0.1) is 17.3 Å². The minimum atomic E-state index is 0.00242. The van der Waals surface area contributed by atoms with Crippen LogP contribution in [0.4, 0.5) is 5.69 Å². The summed E-state index contributed by atoms with van der Waals surface area (Å²) in [6.45, 7) is 6.89. The number of rotatable bonds is 2. The third-order valence-corrected chi connectivity index (χ3v) is 6.14. The molecule has 2 aliphatic heterocycles. The number of aromatic nitrogens is 3. The zero-order chi connectivity index (χ0) is 19.7. The van der Waals surface area contributed by atoms with E-state index < -0.39 is 0 Å². The van der Waals surface area contributed by atoms with Crippen LogP contribution in [0.25, 0.3) is 0 Å². The quantitative estimate of drug-likeness (QED) is 0.620. The molecule has 0 radical (unpaired) electrons. The standard InChI is InChI=1S/C21H26ClN5O/c1-21(15-28)5-7-26(8-6-21)18-11-20(22)23-12-16(18)3-4-17-13-24-27-10-9-25(2)14-19(17)27/h11-13,28H,5-10,14-15H2,1-2H3. The number of aliphatic hydroxyl groups is 1. The van der Waals surface area contributed by atoms with Crippen LogP contribution in [0.1, 0.15) is 36.6 Å². The highest BCUT2D eigenvalue weighted by Gasteiger charge is 2.30. The number of anilines is 1. The third kappa shape index (κ3) is 3.88. The number of hydrogen-bond acceptors (Lipinski definition) is 5. The van der Waals surface area contributed by atoms with Gasteiger partial charge in [0.2, 0.25) is 0 Å². The van der Waals surface area contributed by atoms with E-state index >= 15 is 0 Å². The van der Waals surface area contributed by atoms with Gasteiger partial charge in [-0.15, -0.1) is 0 Å². The first-order valence-electron chi connectivity index (χ1n) is 9.74. The third-order valence-electron chi connectivity index (χ3n) is 5.94. The molecule has 0 spiro atoms. The Balaban J connectivity index is 1.61. The molecule has 0 bridgehead atoms. The van der Waals surface area contributed by atoms with E-state index in [-0.39, 0.29) is 12.0 Å². The number of halogens is 1. The van der Waals surface area contributed by atoms with Gasteiger partial charge >= 0.3 is 0 Å². The maximum absolute atomic E-state index is 9.63. The molecule has 148 valence electrons. The molecule has 7 heteroatoms. The average molecular weight is 400 g/mol. The van der Waals surface area contributed by atoms with Gasteiger partial charge in [0.25, 0.3) is 0 Å². The summed E-state index contributed by atoms with van der Waals surface area (Å²) in [5.41, 5.74) is 4.04. The molecule has 0 aliphatic carbocycles. The van der Waals surface area contributed by atoms with Crippen molar-refractivity contribution in [3.8, 4) is 11.8 Å². The van der Waals surface area contributed by atoms with Crippen LogP contribution in [0.2, 0.25) is 5.15 Å². The number of aliphatic hydroxyl groups excluding tert-OH is 1. The average Bonchev–Trinajstić information content (AvgIpc) is 3.10. The summed E-state index contributed by atoms with van der Waals surface area (Å²) >= 11 is 6.19. The highest BCUT2D eigenvalue weighted by atomic mass is 35.5. The minimum Gasteiger partial charge on any atom is -0.396 e. The molecule has 0 amide bonds. The Morgan fingerprint density at radius 3 is 2.64 bits per heavy atom. The molecule has 1 saturated heterocycles. The Kier molecular flexibility index (Phi) is 5.33. The fourth-order valence-corrected chi connectivity index (χ4v) is 3.99. The summed E-state index contributed by atoms with van der Waals surface area (Å²) in [5.74, 6) is 6.61. The Labute approximate surface area is 171 Å². The molecule has 2 aromatic rings. The Morgan fingerprint density at radius 2 is 1.89 bits per heavy atom. The van der Waals surface area contributed by atoms with Gasteiger partial charge in [0.1, 0.15) is 5.15 Å². The zero-order valence-corrected chi connectivity index (χ0v) is 17.2. The maximum Gasteiger partial charge on any atom is 0.131 e. The van der Waals surface area contributed by atoms with Crippen molar-refractivity contribution in [2.75, 3.05) is 38.2 Å². The van der Waals surface area contributed by atoms with Crippen molar-refractivity contribution < 1.29 is 5.11 Å². The van der Waals surface area contributed by atoms with E-state index in [2.05, 4.69) is 45.7 Å². The number of nitrogens with zero attached hydrogens (tertiary/aromatic N) is 5. The number of piperidine rings is 1. The summed E-state index contributed by atoms with van der Waals surface area (Å²) in [5, 5.41) is 14.6. The molecule has 28 heavy (non-hydrogen) atoms. The predicted octanol–water partition coefficient (Wildman–Crippen LogP) is 2.38. The van der Waals surface area contributed by atoms with Gasteiger partial charge in [-0.2, -0.15) is 5.10 Å². The van der Waals surface area contributed by atoms with Gasteiger partial charge in [-0.1, -0.05) is 30.4 Å². The number of fused-ring (bicyclic) bond motifs is 1. The predicted molar refractivity (Wildman–Crippen MR) is 110 cm³/mol. The summed E-state index contributed by atoms with van der Waals surface area (Å²) in [7, 11) is 2.12. The van der Waals surface area contributed by atoms with Crippen molar-refractivity contribution in [1.29, 1.82) is 0 Å². The molecule has 0 unspecified atom stereocenters. The monoisotopic (exact) mass is 399 g/mol. The second-order valence-electron chi connectivity index (χ2n) is 8.20. The van der Waals surface area contributed by atoms with Crippen LogP contribution in [-0.4, -0.2) is 58.1 Å². The van der Waals surface area contributed by atoms with E-state index in [0.717, 1.165) is 62.4 Å². The van der Waals surface area contributed by atoms with Crippen molar-refractivity contribution >= 4 is 17.3 Å². The Bertz CT molecular complexity index is 921. The molecule has 1 N–H and O–H groups in total. The molecule has 0 saturated carbocycles. The van der Waals surface area contributed by atoms with Crippen molar-refractivity contribution in [3.63, 3.8) is 0 Å². The molecule has 4 heterocycles. The summed E-state index contributed by atoms with van der Waals surface area (Å²) in [6.07, 6.45) is 5.50. The van der Waals surface area contributed by atoms with Gasteiger partial charge in [0, 0.05) is 45.0 Å². The molecule has 0 atom stereocenters. The minimum absolute atomic E-state index is 0.00242. The second-order valence-corrected chi connectivity index (χ2v) is 8.58. The number of likely N-dealkylation sites (N-methyl/N-ethyl adjacent to an activating group) is 1. The van der Waals surface area contributed by atoms with Crippen molar-refractivity contribution in [3.05, 3.63) is 40.4 Å². The number of hydrogen-bond donors (Lipinski definition) is 1. The van der Waals surface area contributed by atoms with Gasteiger partial charge in [-0.3, -0.25) is 9.58 Å². The molecule has 2 aromatic heterocycles. The lowest BCUT2D eigenvalue weighted by Gasteiger charge is -2.39. The van der Waals surface area contributed by atoms with E-state index in [1.54, 1.807) is 6.20 Å². The first-order chi connectivity index (χ1) is 13.5. The fraction of sp³-hybridized carbons (Fsp3) is 0.524. The molecule has 2 aliphatic rings. The normalized spacial score (nSPS) is 19.1. The fourth-order valence-electron chi connectivity index (χ4n) is 3.83. The highest BCUT2D eigenvalue weighted by Crippen LogP contribution is 2.34. The second kappa shape index (κ2) is 7.75. The smallest absolute Gasteiger partial charge is 0.131 e. The van der Waals surface area contributed by atoms with Crippen LogP contribution in [0.15, 0.2) is 18.5 Å². The lowest BCUT2D eigenvalue weighted by Crippen LogP contribution is -2.40. The highest BCUT2D eigenvalue weighted by molar-refractivity contribution is 6.29. The van der Waals surface area contributed by atoms with Crippen LogP contribution in [-0.2, 0) is 13.1 Å². The van der Waals surface area contributed by atoms with E-state index in [0.29, 0.717) is 5.15 Å². The molecule has 6 nitrogen and oxygen atoms in total. The molecule has 4 rings (SSSR count). The SMILES string of the molecule is CN1CCn2ncc(C#Cc3cnc(Cl)cc3N3CCC(C)(CO)CC3)c2C1. The Hall–Kier alpha value is -2.07. The molecule has 1 fully saturated rings. The lowest BCUT2D eigenvalue weighted by molar-refractivity contribution is 0.115. The number of pyridine rings is 1. The van der Waals surface area contributed by atoms with E-state index in [4.69, 9.17) is 11.6 Å². The summed E-state index contributed by atoms with van der Waals surface area (Å²) < 4.78 is 2.05. The lowest BCUT2D eigenvalue weighted by atomic mass is 9.81. The molecule has 0 aromatic carbocycles. The largest absolute Gasteiger partial charge is 0.396 e. The van der Waals surface area contributed by atoms with E-state index in [1.165, 1.54) is 5.69 Å². The van der Waals surface area contributed by atoms with Crippen molar-refractivity contribution in [2.45, 2.75) is 32.9 Å². The van der Waals surface area contributed by atoms with Gasteiger partial charge in [-0.05, 0) is 25.3 Å². The van der Waals surface area contributed by atoms with Gasteiger partial charge in [0.05, 0.1) is 35.2 Å². The van der Waals surface area contributed by atoms with Gasteiger partial charge in [0.15, 0.2) is 0 Å². The molecular formula is C21H26ClN5O. The maximum atomic E-state index is 9.63. The van der Waals surface area contributed by atoms with Crippen LogP contribution in [0.3, 0.4) is 0 Å². The topological polar surface area (TPSA) is 57.4 Å². The van der Waals surface area contributed by atoms with Crippen molar-refractivity contribution in [1.82, 2.24) is 19.7 Å². The summed E-state index contributed by atoms with van der Waals surface area (Å²) in [6, 6.07) is 1.90. The van der Waals surface area contributed by atoms with Gasteiger partial charge in [-0.25, -0.2) is 4.98 Å². The molecular weight excluding hydrogens is 374 g/mol. The van der Waals surface area contributed by atoms with E-state index in [9.17, 15) is 5.11 Å². The zero-order valence-electron chi connectivity index (χ0n) is 16.5. The first-order valence-corrected chi connectivity index (χ1v) is 10.1. The summed E-state index contributed by atoms with van der Waals surface area (Å²) in [4.78, 5) is 8.83. The first kappa shape index (κ1) is 19.3. The van der Waals surface area contributed by atoms with E-state index in [1.807, 2.05) is 16.9 Å². The van der Waals surface area contributed by atoms with Gasteiger partial charge < -0.3 is 10.0 Å². The Morgan fingerprint density at radius 1 is 1.14 bits per heavy atom. The van der Waals surface area contributed by atoms with Crippen LogP contribution >= 0.6 is 11.6 Å². The van der Waals surface area contributed by atoms with Crippen LogP contribution in [0.5, 0.6) is 0 Å². The van der Waals surface area contributed by atoms with Crippen LogP contribution < -0.4 is 4.90 Å². The van der Waals surface area contributed by atoms with Crippen molar-refractivity contribution in [2.24, 2.45) is 5.41 Å².